The molecule has 7 heteroatoms. The van der Waals surface area contributed by atoms with E-state index in [1.807, 2.05) is 0 Å². The fourth-order valence-corrected chi connectivity index (χ4v) is 1.96. The Kier molecular flexibility index (Phi) is 3.56. The van der Waals surface area contributed by atoms with E-state index in [2.05, 4.69) is 4.98 Å². The van der Waals surface area contributed by atoms with Crippen LogP contribution in [0.2, 0.25) is 5.02 Å². The summed E-state index contributed by atoms with van der Waals surface area (Å²) in [4.78, 5) is 3.90. The van der Waals surface area contributed by atoms with Gasteiger partial charge >= 0.3 is 6.18 Å². The molecule has 3 nitrogen and oxygen atoms in total. The van der Waals surface area contributed by atoms with Crippen LogP contribution in [0.4, 0.5) is 13.2 Å². The molecule has 2 N–H and O–H groups in total. The third-order valence-corrected chi connectivity index (χ3v) is 3.00. The van der Waals surface area contributed by atoms with E-state index >= 15 is 0 Å². The van der Waals surface area contributed by atoms with Crippen molar-refractivity contribution in [2.24, 2.45) is 5.73 Å². The van der Waals surface area contributed by atoms with Gasteiger partial charge in [-0.25, -0.2) is 4.98 Å². The lowest BCUT2D eigenvalue weighted by Crippen LogP contribution is -2.12. The van der Waals surface area contributed by atoms with Crippen molar-refractivity contribution in [1.29, 1.82) is 0 Å². The monoisotopic (exact) mass is 289 g/mol. The first-order chi connectivity index (χ1) is 8.80. The lowest BCUT2D eigenvalue weighted by molar-refractivity contribution is -0.137. The zero-order valence-electron chi connectivity index (χ0n) is 9.95. The van der Waals surface area contributed by atoms with E-state index in [0.717, 1.165) is 6.07 Å². The topological polar surface area (TPSA) is 43.8 Å². The highest BCUT2D eigenvalue weighted by atomic mass is 35.5. The Hall–Kier alpha value is -1.53. The molecule has 0 radical (unpaired) electrons. The van der Waals surface area contributed by atoms with Gasteiger partial charge in [-0.1, -0.05) is 11.6 Å². The first-order valence-corrected chi connectivity index (χ1v) is 5.83. The van der Waals surface area contributed by atoms with E-state index in [-0.39, 0.29) is 11.1 Å². The van der Waals surface area contributed by atoms with Crippen molar-refractivity contribution < 1.29 is 13.2 Å². The number of nitrogens with zero attached hydrogens (tertiary/aromatic N) is 2. The first kappa shape index (κ1) is 13.9. The van der Waals surface area contributed by atoms with Crippen molar-refractivity contribution in [3.8, 4) is 5.69 Å². The van der Waals surface area contributed by atoms with Crippen LogP contribution in [0.3, 0.4) is 0 Å². The van der Waals surface area contributed by atoms with Crippen LogP contribution in [-0.2, 0) is 6.18 Å². The second-order valence-electron chi connectivity index (χ2n) is 4.14. The highest BCUT2D eigenvalue weighted by Gasteiger charge is 2.33. The van der Waals surface area contributed by atoms with Crippen molar-refractivity contribution in [2.45, 2.75) is 19.1 Å². The van der Waals surface area contributed by atoms with Gasteiger partial charge in [0.2, 0.25) is 0 Å². The maximum absolute atomic E-state index is 12.8. The van der Waals surface area contributed by atoms with Crippen LogP contribution in [0.25, 0.3) is 5.69 Å². The van der Waals surface area contributed by atoms with Crippen LogP contribution >= 0.6 is 11.6 Å². The number of hydrogen-bond acceptors (Lipinski definition) is 2. The highest BCUT2D eigenvalue weighted by molar-refractivity contribution is 6.31. The largest absolute Gasteiger partial charge is 0.417 e. The average Bonchev–Trinajstić information content (AvgIpc) is 2.77. The van der Waals surface area contributed by atoms with Gasteiger partial charge in [-0.05, 0) is 25.1 Å². The number of benzene rings is 1. The minimum atomic E-state index is -4.50. The van der Waals surface area contributed by atoms with Crippen LogP contribution in [0.1, 0.15) is 24.2 Å². The fourth-order valence-electron chi connectivity index (χ4n) is 1.74. The Bertz CT molecular complexity index is 590. The van der Waals surface area contributed by atoms with Gasteiger partial charge < -0.3 is 10.3 Å². The second-order valence-corrected chi connectivity index (χ2v) is 4.55. The molecule has 0 aliphatic carbocycles. The molecule has 0 aliphatic heterocycles. The number of aromatic nitrogens is 2. The Morgan fingerprint density at radius 3 is 2.63 bits per heavy atom. The smallest absolute Gasteiger partial charge is 0.323 e. The predicted molar refractivity (Wildman–Crippen MR) is 66.2 cm³/mol. The molecule has 1 atom stereocenters. The van der Waals surface area contributed by atoms with Gasteiger partial charge in [0.25, 0.3) is 0 Å². The molecule has 1 aromatic heterocycles. The predicted octanol–water partition coefficient (Wildman–Crippen LogP) is 3.56. The van der Waals surface area contributed by atoms with Gasteiger partial charge in [0.05, 0.1) is 28.8 Å². The molecule has 2 rings (SSSR count). The van der Waals surface area contributed by atoms with Crippen molar-refractivity contribution in [1.82, 2.24) is 9.55 Å². The standard InChI is InChI=1S/C12H11ClF3N3/c1-7(17)11-5-18-6-19(11)8-2-3-10(13)9(4-8)12(14,15)16/h2-7H,17H2,1H3/t7-/m1/s1. The minimum Gasteiger partial charge on any atom is -0.323 e. The SMILES string of the molecule is C[C@@H](N)c1cncn1-c1ccc(Cl)c(C(F)(F)F)c1. The Morgan fingerprint density at radius 2 is 2.05 bits per heavy atom. The van der Waals surface area contributed by atoms with Crippen LogP contribution in [-0.4, -0.2) is 9.55 Å². The zero-order chi connectivity index (χ0) is 14.2. The average molecular weight is 290 g/mol. The van der Waals surface area contributed by atoms with Gasteiger partial charge in [0, 0.05) is 11.7 Å². The van der Waals surface area contributed by atoms with Gasteiger partial charge in [0.15, 0.2) is 0 Å². The summed E-state index contributed by atoms with van der Waals surface area (Å²) in [6.45, 7) is 1.73. The highest BCUT2D eigenvalue weighted by Crippen LogP contribution is 2.36. The van der Waals surface area contributed by atoms with E-state index in [1.54, 1.807) is 6.92 Å². The lowest BCUT2D eigenvalue weighted by atomic mass is 10.1. The molecule has 1 aromatic carbocycles. The molecule has 2 aromatic rings. The molecule has 0 saturated carbocycles. The van der Waals surface area contributed by atoms with E-state index in [9.17, 15) is 13.2 Å². The van der Waals surface area contributed by atoms with Crippen LogP contribution in [0.15, 0.2) is 30.7 Å². The summed E-state index contributed by atoms with van der Waals surface area (Å²) in [6, 6.07) is 3.35. The van der Waals surface area contributed by atoms with Gasteiger partial charge in [-0.3, -0.25) is 0 Å². The fraction of sp³-hybridized carbons (Fsp3) is 0.250. The summed E-state index contributed by atoms with van der Waals surface area (Å²) in [5.74, 6) is 0. The summed E-state index contributed by atoms with van der Waals surface area (Å²) in [6.07, 6.45) is -1.56. The third kappa shape index (κ3) is 2.74. The molecule has 0 unspecified atom stereocenters. The minimum absolute atomic E-state index is 0.321. The number of alkyl halides is 3. The third-order valence-electron chi connectivity index (χ3n) is 2.67. The van der Waals surface area contributed by atoms with Gasteiger partial charge in [0.1, 0.15) is 0 Å². The quantitative estimate of drug-likeness (QED) is 0.918. The molecular weight excluding hydrogens is 279 g/mol. The summed E-state index contributed by atoms with van der Waals surface area (Å²) in [7, 11) is 0. The summed E-state index contributed by atoms with van der Waals surface area (Å²) in [5, 5.41) is -0.335. The molecule has 0 saturated heterocycles. The van der Waals surface area contributed by atoms with E-state index in [0.29, 0.717) is 11.4 Å². The number of imidazole rings is 1. The van der Waals surface area contributed by atoms with Crippen molar-refractivity contribution >= 4 is 11.6 Å². The molecule has 0 aliphatic rings. The maximum atomic E-state index is 12.8. The zero-order valence-corrected chi connectivity index (χ0v) is 10.7. The van der Waals surface area contributed by atoms with Gasteiger partial charge in [-0.15, -0.1) is 0 Å². The summed E-state index contributed by atoms with van der Waals surface area (Å²) < 4.78 is 39.9. The molecule has 102 valence electrons. The number of halogens is 4. The Morgan fingerprint density at radius 1 is 1.37 bits per heavy atom. The number of rotatable bonds is 2. The molecule has 19 heavy (non-hydrogen) atoms. The molecule has 0 spiro atoms. The first-order valence-electron chi connectivity index (χ1n) is 5.45. The van der Waals surface area contributed by atoms with E-state index in [4.69, 9.17) is 17.3 Å². The normalized spacial score (nSPS) is 13.6. The van der Waals surface area contributed by atoms with E-state index in [1.165, 1.54) is 29.2 Å². The van der Waals surface area contributed by atoms with E-state index < -0.39 is 11.7 Å². The Labute approximate surface area is 112 Å². The Balaban J connectivity index is 2.55. The lowest BCUT2D eigenvalue weighted by Gasteiger charge is -2.14. The van der Waals surface area contributed by atoms with Crippen molar-refractivity contribution in [3.05, 3.63) is 47.0 Å². The molecule has 0 amide bonds. The van der Waals surface area contributed by atoms with Crippen molar-refractivity contribution in [2.75, 3.05) is 0 Å². The summed E-state index contributed by atoms with van der Waals surface area (Å²) in [5.41, 5.74) is 5.80. The van der Waals surface area contributed by atoms with Crippen molar-refractivity contribution in [3.63, 3.8) is 0 Å². The number of hydrogen-bond donors (Lipinski definition) is 1. The van der Waals surface area contributed by atoms with Crippen LogP contribution < -0.4 is 5.73 Å². The molecule has 1 heterocycles. The summed E-state index contributed by atoms with van der Waals surface area (Å²) >= 11 is 5.58. The molecule has 0 bridgehead atoms. The molecule has 0 fully saturated rings. The number of nitrogens with two attached hydrogens (primary N) is 1. The van der Waals surface area contributed by atoms with Crippen LogP contribution in [0, 0.1) is 0 Å². The second kappa shape index (κ2) is 4.86. The molecular formula is C12H11ClF3N3. The van der Waals surface area contributed by atoms with Gasteiger partial charge in [-0.2, -0.15) is 13.2 Å². The maximum Gasteiger partial charge on any atom is 0.417 e. The van der Waals surface area contributed by atoms with Crippen LogP contribution in [0.5, 0.6) is 0 Å².